The van der Waals surface area contributed by atoms with E-state index in [1.165, 1.54) is 11.1 Å². The minimum absolute atomic E-state index is 0.0517. The van der Waals surface area contributed by atoms with Gasteiger partial charge in [0, 0.05) is 31.9 Å². The second-order valence-electron chi connectivity index (χ2n) is 6.92. The highest BCUT2D eigenvalue weighted by atomic mass is 16.5. The van der Waals surface area contributed by atoms with Crippen LogP contribution in [0, 0.1) is 0 Å². The van der Waals surface area contributed by atoms with Gasteiger partial charge < -0.3 is 14.5 Å². The van der Waals surface area contributed by atoms with E-state index in [0.29, 0.717) is 0 Å². The first-order chi connectivity index (χ1) is 13.2. The van der Waals surface area contributed by atoms with Gasteiger partial charge in [-0.05, 0) is 42.0 Å². The molecule has 0 N–H and O–H groups in total. The first kappa shape index (κ1) is 17.4. The molecule has 3 aromatic carbocycles. The molecule has 1 aliphatic rings. The monoisotopic (exact) mass is 360 g/mol. The summed E-state index contributed by atoms with van der Waals surface area (Å²) in [6.07, 6.45) is -0.491. The first-order valence-electron chi connectivity index (χ1n) is 9.45. The lowest BCUT2D eigenvalue weighted by molar-refractivity contribution is -0.138. The molecule has 1 atom stereocenters. The number of benzene rings is 3. The summed E-state index contributed by atoms with van der Waals surface area (Å²) < 4.78 is 5.94. The van der Waals surface area contributed by atoms with E-state index in [1.807, 2.05) is 60.4 Å². The van der Waals surface area contributed by atoms with Crippen molar-refractivity contribution in [1.29, 1.82) is 0 Å². The number of nitrogens with zero attached hydrogens (tertiary/aromatic N) is 2. The van der Waals surface area contributed by atoms with Crippen LogP contribution in [0.1, 0.15) is 6.92 Å². The van der Waals surface area contributed by atoms with Crippen molar-refractivity contribution < 1.29 is 9.53 Å². The van der Waals surface area contributed by atoms with Crippen LogP contribution in [0.25, 0.3) is 10.8 Å². The Hall–Kier alpha value is -3.01. The fourth-order valence-electron chi connectivity index (χ4n) is 3.58. The lowest BCUT2D eigenvalue weighted by Gasteiger charge is -2.37. The Balaban J connectivity index is 1.36. The molecule has 3 aromatic rings. The Labute approximate surface area is 160 Å². The molecule has 1 heterocycles. The van der Waals surface area contributed by atoms with Gasteiger partial charge in [0.1, 0.15) is 5.75 Å². The van der Waals surface area contributed by atoms with E-state index in [9.17, 15) is 4.79 Å². The van der Waals surface area contributed by atoms with Gasteiger partial charge in [0.25, 0.3) is 5.91 Å². The number of carbonyl (C=O) groups excluding carboxylic acids is 1. The topological polar surface area (TPSA) is 32.8 Å². The smallest absolute Gasteiger partial charge is 0.263 e. The SMILES string of the molecule is C[C@@H](Oc1ccc2ccccc2c1)C(=O)N1CCN(c2ccccc2)CC1. The number of hydrogen-bond acceptors (Lipinski definition) is 3. The molecule has 1 amide bonds. The molecule has 4 nitrogen and oxygen atoms in total. The molecule has 0 saturated carbocycles. The fourth-order valence-corrected chi connectivity index (χ4v) is 3.58. The van der Waals surface area contributed by atoms with Gasteiger partial charge in [0.15, 0.2) is 6.10 Å². The van der Waals surface area contributed by atoms with Crippen LogP contribution in [0.15, 0.2) is 72.8 Å². The summed E-state index contributed by atoms with van der Waals surface area (Å²) in [5.41, 5.74) is 1.21. The van der Waals surface area contributed by atoms with Gasteiger partial charge >= 0.3 is 0 Å². The zero-order valence-electron chi connectivity index (χ0n) is 15.5. The normalized spacial score (nSPS) is 15.6. The Bertz CT molecular complexity index is 918. The van der Waals surface area contributed by atoms with Gasteiger partial charge in [0.05, 0.1) is 0 Å². The molecule has 4 rings (SSSR count). The molecule has 1 fully saturated rings. The van der Waals surface area contributed by atoms with Crippen LogP contribution < -0.4 is 9.64 Å². The van der Waals surface area contributed by atoms with E-state index in [2.05, 4.69) is 29.2 Å². The molecule has 0 unspecified atom stereocenters. The van der Waals surface area contributed by atoms with Crippen molar-refractivity contribution >= 4 is 22.4 Å². The number of hydrogen-bond donors (Lipinski definition) is 0. The van der Waals surface area contributed by atoms with E-state index < -0.39 is 6.10 Å². The lowest BCUT2D eigenvalue weighted by atomic mass is 10.1. The molecular weight excluding hydrogens is 336 g/mol. The Morgan fingerprint density at radius 1 is 0.852 bits per heavy atom. The summed E-state index contributed by atoms with van der Waals surface area (Å²) in [7, 11) is 0. The number of carbonyl (C=O) groups is 1. The quantitative estimate of drug-likeness (QED) is 0.706. The van der Waals surface area contributed by atoms with Gasteiger partial charge in [-0.3, -0.25) is 4.79 Å². The maximum atomic E-state index is 12.8. The van der Waals surface area contributed by atoms with Crippen molar-refractivity contribution in [3.63, 3.8) is 0 Å². The van der Waals surface area contributed by atoms with Crippen molar-refractivity contribution in [3.8, 4) is 5.75 Å². The third-order valence-electron chi connectivity index (χ3n) is 5.09. The van der Waals surface area contributed by atoms with Gasteiger partial charge in [-0.15, -0.1) is 0 Å². The number of anilines is 1. The van der Waals surface area contributed by atoms with Crippen molar-refractivity contribution in [2.75, 3.05) is 31.1 Å². The number of para-hydroxylation sites is 1. The highest BCUT2D eigenvalue weighted by molar-refractivity contribution is 5.84. The average molecular weight is 360 g/mol. The minimum Gasteiger partial charge on any atom is -0.481 e. The summed E-state index contributed by atoms with van der Waals surface area (Å²) in [5, 5.41) is 2.28. The lowest BCUT2D eigenvalue weighted by Crippen LogP contribution is -2.52. The summed E-state index contributed by atoms with van der Waals surface area (Å²) in [4.78, 5) is 17.0. The van der Waals surface area contributed by atoms with E-state index in [1.54, 1.807) is 0 Å². The zero-order valence-corrected chi connectivity index (χ0v) is 15.5. The van der Waals surface area contributed by atoms with Gasteiger partial charge in [-0.2, -0.15) is 0 Å². The highest BCUT2D eigenvalue weighted by Gasteiger charge is 2.26. The van der Waals surface area contributed by atoms with Crippen LogP contribution in [-0.2, 0) is 4.79 Å². The third-order valence-corrected chi connectivity index (χ3v) is 5.09. The van der Waals surface area contributed by atoms with E-state index >= 15 is 0 Å². The van der Waals surface area contributed by atoms with Crippen LogP contribution in [0.5, 0.6) is 5.75 Å². The summed E-state index contributed by atoms with van der Waals surface area (Å²) in [6.45, 7) is 4.97. The fraction of sp³-hybridized carbons (Fsp3) is 0.261. The molecule has 0 aromatic heterocycles. The Morgan fingerprint density at radius 2 is 1.52 bits per heavy atom. The molecule has 0 bridgehead atoms. The average Bonchev–Trinajstić information content (AvgIpc) is 2.74. The predicted molar refractivity (Wildman–Crippen MR) is 109 cm³/mol. The second kappa shape index (κ2) is 7.70. The van der Waals surface area contributed by atoms with E-state index in [4.69, 9.17) is 4.74 Å². The van der Waals surface area contributed by atoms with Crippen molar-refractivity contribution in [2.24, 2.45) is 0 Å². The highest BCUT2D eigenvalue weighted by Crippen LogP contribution is 2.22. The maximum absolute atomic E-state index is 12.8. The number of ether oxygens (including phenoxy) is 1. The van der Waals surface area contributed by atoms with E-state index in [0.717, 1.165) is 37.3 Å². The van der Waals surface area contributed by atoms with Crippen LogP contribution in [0.2, 0.25) is 0 Å². The Morgan fingerprint density at radius 3 is 2.26 bits per heavy atom. The molecule has 138 valence electrons. The predicted octanol–water partition coefficient (Wildman–Crippen LogP) is 3.96. The van der Waals surface area contributed by atoms with Crippen molar-refractivity contribution in [2.45, 2.75) is 13.0 Å². The van der Waals surface area contributed by atoms with Gasteiger partial charge in [-0.25, -0.2) is 0 Å². The molecule has 0 spiro atoms. The molecule has 1 aliphatic heterocycles. The molecule has 0 aliphatic carbocycles. The van der Waals surface area contributed by atoms with Gasteiger partial charge in [0.2, 0.25) is 0 Å². The number of piperazine rings is 1. The van der Waals surface area contributed by atoms with Crippen LogP contribution in [-0.4, -0.2) is 43.1 Å². The second-order valence-corrected chi connectivity index (χ2v) is 6.92. The van der Waals surface area contributed by atoms with Crippen molar-refractivity contribution in [1.82, 2.24) is 4.90 Å². The summed E-state index contributed by atoms with van der Waals surface area (Å²) in [5.74, 6) is 0.786. The summed E-state index contributed by atoms with van der Waals surface area (Å²) in [6, 6.07) is 24.4. The summed E-state index contributed by atoms with van der Waals surface area (Å²) >= 11 is 0. The molecule has 27 heavy (non-hydrogen) atoms. The largest absolute Gasteiger partial charge is 0.481 e. The maximum Gasteiger partial charge on any atom is 0.263 e. The molecule has 0 radical (unpaired) electrons. The van der Waals surface area contributed by atoms with Crippen LogP contribution in [0.4, 0.5) is 5.69 Å². The van der Waals surface area contributed by atoms with E-state index in [-0.39, 0.29) is 5.91 Å². The van der Waals surface area contributed by atoms with Crippen LogP contribution >= 0.6 is 0 Å². The first-order valence-corrected chi connectivity index (χ1v) is 9.45. The van der Waals surface area contributed by atoms with Crippen LogP contribution in [0.3, 0.4) is 0 Å². The molecule has 1 saturated heterocycles. The molecule has 4 heteroatoms. The molecular formula is C23H24N2O2. The number of fused-ring (bicyclic) bond motifs is 1. The van der Waals surface area contributed by atoms with Crippen molar-refractivity contribution in [3.05, 3.63) is 72.8 Å². The minimum atomic E-state index is -0.491. The van der Waals surface area contributed by atoms with Gasteiger partial charge in [-0.1, -0.05) is 48.5 Å². The number of rotatable bonds is 4. The standard InChI is InChI=1S/C23H24N2O2/c1-18(27-22-12-11-19-7-5-6-8-20(19)17-22)23(26)25-15-13-24(14-16-25)21-9-3-2-4-10-21/h2-12,17-18H,13-16H2,1H3/t18-/m1/s1. The number of amides is 1. The Kier molecular flexibility index (Phi) is 4.97. The zero-order chi connectivity index (χ0) is 18.6. The third kappa shape index (κ3) is 3.90.